The van der Waals surface area contributed by atoms with Gasteiger partial charge in [-0.05, 0) is 36.3 Å². The normalized spacial score (nSPS) is 12.5. The van der Waals surface area contributed by atoms with Gasteiger partial charge in [0.05, 0.1) is 6.04 Å². The van der Waals surface area contributed by atoms with Crippen molar-refractivity contribution in [1.82, 2.24) is 5.32 Å². The van der Waals surface area contributed by atoms with Crippen molar-refractivity contribution in [3.05, 3.63) is 78.4 Å². The molecule has 3 aromatic rings. The first-order valence-electron chi connectivity index (χ1n) is 10.9. The van der Waals surface area contributed by atoms with Crippen molar-refractivity contribution in [3.63, 3.8) is 0 Å². The van der Waals surface area contributed by atoms with Gasteiger partial charge in [0.1, 0.15) is 6.04 Å². The zero-order chi connectivity index (χ0) is 23.6. The highest BCUT2D eigenvalue weighted by Crippen LogP contribution is 2.23. The predicted molar refractivity (Wildman–Crippen MR) is 133 cm³/mol. The van der Waals surface area contributed by atoms with Crippen molar-refractivity contribution in [1.29, 1.82) is 0 Å². The third-order valence-electron chi connectivity index (χ3n) is 5.26. The van der Waals surface area contributed by atoms with E-state index in [2.05, 4.69) is 15.6 Å². The first kappa shape index (κ1) is 23.7. The lowest BCUT2D eigenvalue weighted by atomic mass is 10.0. The molecule has 0 aliphatic carbocycles. The van der Waals surface area contributed by atoms with Crippen molar-refractivity contribution < 1.29 is 9.59 Å². The van der Waals surface area contributed by atoms with Crippen molar-refractivity contribution >= 4 is 34.2 Å². The van der Waals surface area contributed by atoms with E-state index in [0.717, 1.165) is 16.3 Å². The molecule has 0 radical (unpaired) electrons. The number of hydrogen-bond acceptors (Lipinski definition) is 4. The summed E-state index contributed by atoms with van der Waals surface area (Å²) < 4.78 is 0. The number of aliphatic imine (C=N–C) groups is 1. The Morgan fingerprint density at radius 1 is 0.879 bits per heavy atom. The van der Waals surface area contributed by atoms with Crippen molar-refractivity contribution in [2.45, 2.75) is 31.3 Å². The standard InChI is InChI=1S/C25H30N6O2/c26-20(16-17-8-2-1-3-9-17)23(32)31-22(14-7-15-29-25(27)28)24(33)30-21-13-6-11-18-10-4-5-12-19(18)21/h1-6,8-13,20,22H,7,14-16,26H2,(H,30,33)(H,31,32)(H4,27,28,29)/t20-,22-/m0/s1. The van der Waals surface area contributed by atoms with Crippen LogP contribution in [0.3, 0.4) is 0 Å². The van der Waals surface area contributed by atoms with Gasteiger partial charge in [-0.15, -0.1) is 0 Å². The second-order valence-electron chi connectivity index (χ2n) is 7.82. The van der Waals surface area contributed by atoms with E-state index in [1.165, 1.54) is 0 Å². The van der Waals surface area contributed by atoms with Crippen LogP contribution in [0.2, 0.25) is 0 Å². The van der Waals surface area contributed by atoms with E-state index in [4.69, 9.17) is 17.2 Å². The number of nitrogens with one attached hydrogen (secondary N) is 2. The summed E-state index contributed by atoms with van der Waals surface area (Å²) in [5.41, 5.74) is 18.5. The maximum atomic E-state index is 13.1. The summed E-state index contributed by atoms with van der Waals surface area (Å²) in [4.78, 5) is 29.9. The van der Waals surface area contributed by atoms with Crippen molar-refractivity contribution in [3.8, 4) is 0 Å². The summed E-state index contributed by atoms with van der Waals surface area (Å²) in [6.07, 6.45) is 1.25. The number of nitrogens with zero attached hydrogens (tertiary/aromatic N) is 1. The molecule has 8 heteroatoms. The number of fused-ring (bicyclic) bond motifs is 1. The highest BCUT2D eigenvalue weighted by atomic mass is 16.2. The molecule has 0 aliphatic rings. The van der Waals surface area contributed by atoms with Crippen LogP contribution in [0.4, 0.5) is 5.69 Å². The van der Waals surface area contributed by atoms with Crippen molar-refractivity contribution in [2.75, 3.05) is 11.9 Å². The van der Waals surface area contributed by atoms with E-state index in [0.29, 0.717) is 31.5 Å². The molecule has 0 heterocycles. The van der Waals surface area contributed by atoms with Gasteiger partial charge in [-0.1, -0.05) is 66.7 Å². The van der Waals surface area contributed by atoms with Crippen LogP contribution >= 0.6 is 0 Å². The molecule has 0 spiro atoms. The summed E-state index contributed by atoms with van der Waals surface area (Å²) >= 11 is 0. The highest BCUT2D eigenvalue weighted by Gasteiger charge is 2.24. The van der Waals surface area contributed by atoms with E-state index in [1.807, 2.05) is 72.8 Å². The zero-order valence-electron chi connectivity index (χ0n) is 18.4. The van der Waals surface area contributed by atoms with Crippen LogP contribution in [0.1, 0.15) is 18.4 Å². The van der Waals surface area contributed by atoms with Gasteiger partial charge >= 0.3 is 0 Å². The molecule has 0 aliphatic heterocycles. The van der Waals surface area contributed by atoms with Crippen LogP contribution in [-0.2, 0) is 16.0 Å². The number of guanidine groups is 1. The molecule has 0 saturated heterocycles. The summed E-state index contributed by atoms with van der Waals surface area (Å²) in [5.74, 6) is -0.726. The molecule has 172 valence electrons. The Balaban J connectivity index is 1.71. The quantitative estimate of drug-likeness (QED) is 0.183. The van der Waals surface area contributed by atoms with Crippen molar-refractivity contribution in [2.24, 2.45) is 22.2 Å². The molecule has 33 heavy (non-hydrogen) atoms. The van der Waals surface area contributed by atoms with E-state index in [-0.39, 0.29) is 11.9 Å². The summed E-state index contributed by atoms with van der Waals surface area (Å²) in [6.45, 7) is 0.353. The molecule has 8 N–H and O–H groups in total. The van der Waals surface area contributed by atoms with E-state index >= 15 is 0 Å². The number of rotatable bonds is 10. The van der Waals surface area contributed by atoms with E-state index in [9.17, 15) is 9.59 Å². The highest BCUT2D eigenvalue weighted by molar-refractivity contribution is 6.04. The van der Waals surface area contributed by atoms with Gasteiger partial charge in [0.25, 0.3) is 0 Å². The van der Waals surface area contributed by atoms with Crippen LogP contribution in [0, 0.1) is 0 Å². The average Bonchev–Trinajstić information content (AvgIpc) is 2.81. The zero-order valence-corrected chi connectivity index (χ0v) is 18.4. The number of hydrogen-bond donors (Lipinski definition) is 5. The summed E-state index contributed by atoms with van der Waals surface area (Å²) in [7, 11) is 0. The summed E-state index contributed by atoms with van der Waals surface area (Å²) in [6, 6.07) is 21.4. The number of benzene rings is 3. The lowest BCUT2D eigenvalue weighted by molar-refractivity contribution is -0.127. The van der Waals surface area contributed by atoms with Crippen LogP contribution in [-0.4, -0.2) is 36.4 Å². The molecule has 0 unspecified atom stereocenters. The third kappa shape index (κ3) is 7.05. The molecule has 0 fully saturated rings. The van der Waals surface area contributed by atoms with Gasteiger partial charge in [-0.3, -0.25) is 14.6 Å². The average molecular weight is 447 g/mol. The maximum absolute atomic E-state index is 13.1. The number of anilines is 1. The Kier molecular flexibility index (Phi) is 8.37. The molecule has 2 amide bonds. The van der Waals surface area contributed by atoms with Crippen LogP contribution in [0.25, 0.3) is 10.8 Å². The topological polar surface area (TPSA) is 149 Å². The van der Waals surface area contributed by atoms with Gasteiger partial charge in [-0.2, -0.15) is 0 Å². The minimum absolute atomic E-state index is 0.0133. The Morgan fingerprint density at radius 3 is 2.33 bits per heavy atom. The predicted octanol–water partition coefficient (Wildman–Crippen LogP) is 1.89. The first-order chi connectivity index (χ1) is 15.9. The molecular weight excluding hydrogens is 416 g/mol. The summed E-state index contributed by atoms with van der Waals surface area (Å²) in [5, 5.41) is 7.68. The van der Waals surface area contributed by atoms with Crippen LogP contribution in [0.5, 0.6) is 0 Å². The lowest BCUT2D eigenvalue weighted by Crippen LogP contribution is -2.50. The smallest absolute Gasteiger partial charge is 0.246 e. The fourth-order valence-corrected chi connectivity index (χ4v) is 3.57. The minimum atomic E-state index is -0.785. The minimum Gasteiger partial charge on any atom is -0.370 e. The van der Waals surface area contributed by atoms with Gasteiger partial charge in [0.2, 0.25) is 11.8 Å². The number of carbonyl (C=O) groups is 2. The van der Waals surface area contributed by atoms with Gasteiger partial charge in [0, 0.05) is 17.6 Å². The molecule has 2 atom stereocenters. The molecule has 0 aromatic heterocycles. The van der Waals surface area contributed by atoms with Crippen LogP contribution < -0.4 is 27.8 Å². The Hall–Kier alpha value is -3.91. The molecule has 0 saturated carbocycles. The maximum Gasteiger partial charge on any atom is 0.246 e. The van der Waals surface area contributed by atoms with E-state index in [1.54, 1.807) is 0 Å². The second-order valence-corrected chi connectivity index (χ2v) is 7.82. The fourth-order valence-electron chi connectivity index (χ4n) is 3.57. The number of carbonyl (C=O) groups excluding carboxylic acids is 2. The molecule has 3 rings (SSSR count). The molecule has 8 nitrogen and oxygen atoms in total. The van der Waals surface area contributed by atoms with Gasteiger partial charge in [0.15, 0.2) is 5.96 Å². The first-order valence-corrected chi connectivity index (χ1v) is 10.9. The SMILES string of the molecule is NC(N)=NCCC[C@H](NC(=O)[C@@H](N)Cc1ccccc1)C(=O)Nc1cccc2ccccc12. The fraction of sp³-hybridized carbons (Fsp3) is 0.240. The lowest BCUT2D eigenvalue weighted by Gasteiger charge is -2.21. The van der Waals surface area contributed by atoms with E-state index < -0.39 is 18.0 Å². The monoisotopic (exact) mass is 446 g/mol. The largest absolute Gasteiger partial charge is 0.370 e. The third-order valence-corrected chi connectivity index (χ3v) is 5.26. The van der Waals surface area contributed by atoms with Gasteiger partial charge in [-0.25, -0.2) is 0 Å². The van der Waals surface area contributed by atoms with Gasteiger partial charge < -0.3 is 27.8 Å². The Labute approximate surface area is 193 Å². The number of nitrogens with two attached hydrogens (primary N) is 3. The van der Waals surface area contributed by atoms with Crippen LogP contribution in [0.15, 0.2) is 77.8 Å². The molecular formula is C25H30N6O2. The number of amides is 2. The Bertz CT molecular complexity index is 1110. The second kappa shape index (κ2) is 11.6. The Morgan fingerprint density at radius 2 is 1.58 bits per heavy atom. The molecule has 0 bridgehead atoms. The molecule has 3 aromatic carbocycles.